The monoisotopic (exact) mass is 120 g/mol. The maximum absolute atomic E-state index is 3.61. The number of hydrogen-bond acceptors (Lipinski definition) is 0. The molecule has 1 aliphatic rings. The first-order valence-corrected chi connectivity index (χ1v) is 3.32. The second-order valence-electron chi connectivity index (χ2n) is 2.40. The molecule has 0 heterocycles. The van der Waals surface area contributed by atoms with E-state index in [0.717, 1.165) is 0 Å². The van der Waals surface area contributed by atoms with E-state index in [2.05, 4.69) is 19.6 Å². The van der Waals surface area contributed by atoms with Gasteiger partial charge < -0.3 is 0 Å². The van der Waals surface area contributed by atoms with Gasteiger partial charge in [0.15, 0.2) is 0 Å². The first-order chi connectivity index (χ1) is 4.34. The van der Waals surface area contributed by atoms with Crippen LogP contribution in [0.15, 0.2) is 36.0 Å². The third-order valence-corrected chi connectivity index (χ3v) is 1.75. The Morgan fingerprint density at radius 3 is 2.56 bits per heavy atom. The Kier molecular flexibility index (Phi) is 1.88. The lowest BCUT2D eigenvalue weighted by Crippen LogP contribution is -1.97. The normalized spacial score (nSPS) is 18.3. The molecule has 0 atom stereocenters. The van der Waals surface area contributed by atoms with E-state index < -0.39 is 0 Å². The van der Waals surface area contributed by atoms with Gasteiger partial charge in [-0.3, -0.25) is 0 Å². The van der Waals surface area contributed by atoms with Crippen LogP contribution in [0.1, 0.15) is 19.8 Å². The highest BCUT2D eigenvalue weighted by Gasteiger charge is 2.07. The predicted molar refractivity (Wildman–Crippen MR) is 41.3 cm³/mol. The summed E-state index contributed by atoms with van der Waals surface area (Å²) in [5.41, 5.74) is 3.03. The third kappa shape index (κ3) is 1.32. The molecule has 0 bridgehead atoms. The third-order valence-electron chi connectivity index (χ3n) is 1.75. The van der Waals surface area contributed by atoms with Gasteiger partial charge in [0.2, 0.25) is 0 Å². The average Bonchev–Trinajstić information content (AvgIpc) is 1.86. The number of allylic oxidation sites excluding steroid dienone is 5. The zero-order valence-corrected chi connectivity index (χ0v) is 5.85. The van der Waals surface area contributed by atoms with Crippen LogP contribution >= 0.6 is 0 Å². The van der Waals surface area contributed by atoms with Crippen molar-refractivity contribution in [2.75, 3.05) is 0 Å². The van der Waals surface area contributed by atoms with Crippen LogP contribution in [-0.2, 0) is 0 Å². The molecular formula is C9H12. The molecule has 0 amide bonds. The topological polar surface area (TPSA) is 0 Å². The van der Waals surface area contributed by atoms with E-state index in [1.165, 1.54) is 24.0 Å². The maximum Gasteiger partial charge on any atom is -0.0242 e. The van der Waals surface area contributed by atoms with Gasteiger partial charge in [0.1, 0.15) is 0 Å². The molecule has 0 saturated heterocycles. The van der Waals surface area contributed by atoms with E-state index in [1.807, 2.05) is 12.2 Å². The van der Waals surface area contributed by atoms with Gasteiger partial charge in [0.25, 0.3) is 0 Å². The molecule has 48 valence electrons. The standard InChI is InChI=1S/C9H12/c1-3-4-5-9-7-6-8(9)2/h3-5H,1,6-7H2,2H3/b5-4-. The Balaban J connectivity index is 2.55. The fraction of sp³-hybridized carbons (Fsp3) is 0.333. The second-order valence-corrected chi connectivity index (χ2v) is 2.40. The molecule has 0 N–H and O–H groups in total. The Bertz CT molecular complexity index is 170. The van der Waals surface area contributed by atoms with E-state index in [4.69, 9.17) is 0 Å². The molecule has 0 heteroatoms. The minimum absolute atomic E-state index is 1.26. The maximum atomic E-state index is 3.61. The van der Waals surface area contributed by atoms with Crippen LogP contribution in [0.2, 0.25) is 0 Å². The molecule has 0 unspecified atom stereocenters. The molecule has 1 aliphatic carbocycles. The lowest BCUT2D eigenvalue weighted by molar-refractivity contribution is 0.827. The van der Waals surface area contributed by atoms with Crippen LogP contribution < -0.4 is 0 Å². The van der Waals surface area contributed by atoms with E-state index in [9.17, 15) is 0 Å². The van der Waals surface area contributed by atoms with E-state index in [0.29, 0.717) is 0 Å². The van der Waals surface area contributed by atoms with Crippen molar-refractivity contribution in [3.63, 3.8) is 0 Å². The van der Waals surface area contributed by atoms with Crippen LogP contribution in [0.3, 0.4) is 0 Å². The molecule has 0 nitrogen and oxygen atoms in total. The highest BCUT2D eigenvalue weighted by Crippen LogP contribution is 2.27. The zero-order chi connectivity index (χ0) is 6.69. The first kappa shape index (κ1) is 6.34. The Morgan fingerprint density at radius 2 is 2.22 bits per heavy atom. The summed E-state index contributed by atoms with van der Waals surface area (Å²) in [5.74, 6) is 0. The van der Waals surface area contributed by atoms with Crippen LogP contribution in [0.25, 0.3) is 0 Å². The molecule has 0 spiro atoms. The van der Waals surface area contributed by atoms with Gasteiger partial charge in [-0.05, 0) is 25.3 Å². The van der Waals surface area contributed by atoms with Crippen molar-refractivity contribution in [1.29, 1.82) is 0 Å². The van der Waals surface area contributed by atoms with Crippen molar-refractivity contribution in [3.8, 4) is 0 Å². The van der Waals surface area contributed by atoms with Crippen molar-refractivity contribution in [3.05, 3.63) is 36.0 Å². The SMILES string of the molecule is C=C/C=C\C1=C(C)CC1. The smallest absolute Gasteiger partial charge is 0.0242 e. The summed E-state index contributed by atoms with van der Waals surface area (Å²) in [6.45, 7) is 5.79. The number of rotatable bonds is 2. The van der Waals surface area contributed by atoms with Gasteiger partial charge >= 0.3 is 0 Å². The molecule has 0 aromatic heterocycles. The van der Waals surface area contributed by atoms with Crippen LogP contribution in [0.5, 0.6) is 0 Å². The highest BCUT2D eigenvalue weighted by atomic mass is 14.1. The minimum Gasteiger partial charge on any atom is -0.0991 e. The average molecular weight is 120 g/mol. The molecule has 0 aromatic rings. The van der Waals surface area contributed by atoms with Crippen molar-refractivity contribution >= 4 is 0 Å². The van der Waals surface area contributed by atoms with Crippen molar-refractivity contribution < 1.29 is 0 Å². The Labute approximate surface area is 56.6 Å². The summed E-state index contributed by atoms with van der Waals surface area (Å²) in [6, 6.07) is 0. The van der Waals surface area contributed by atoms with E-state index in [1.54, 1.807) is 0 Å². The first-order valence-electron chi connectivity index (χ1n) is 3.32. The zero-order valence-electron chi connectivity index (χ0n) is 5.85. The van der Waals surface area contributed by atoms with Crippen molar-refractivity contribution in [2.24, 2.45) is 0 Å². The Hall–Kier alpha value is -0.780. The van der Waals surface area contributed by atoms with Gasteiger partial charge in [-0.1, -0.05) is 30.4 Å². The highest BCUT2D eigenvalue weighted by molar-refractivity contribution is 5.33. The summed E-state index contributed by atoms with van der Waals surface area (Å²) in [6.07, 6.45) is 8.51. The predicted octanol–water partition coefficient (Wildman–Crippen LogP) is 2.84. The van der Waals surface area contributed by atoms with Crippen LogP contribution in [0.4, 0.5) is 0 Å². The van der Waals surface area contributed by atoms with Gasteiger partial charge in [-0.2, -0.15) is 0 Å². The molecule has 1 rings (SSSR count). The molecule has 0 fully saturated rings. The lowest BCUT2D eigenvalue weighted by atomic mass is 9.90. The van der Waals surface area contributed by atoms with Gasteiger partial charge in [0.05, 0.1) is 0 Å². The van der Waals surface area contributed by atoms with E-state index in [-0.39, 0.29) is 0 Å². The van der Waals surface area contributed by atoms with Crippen LogP contribution in [-0.4, -0.2) is 0 Å². The number of hydrogen-bond donors (Lipinski definition) is 0. The molecular weight excluding hydrogens is 108 g/mol. The van der Waals surface area contributed by atoms with Gasteiger partial charge in [-0.15, -0.1) is 0 Å². The lowest BCUT2D eigenvalue weighted by Gasteiger charge is -2.16. The van der Waals surface area contributed by atoms with Gasteiger partial charge in [0, 0.05) is 0 Å². The largest absolute Gasteiger partial charge is 0.0991 e. The quantitative estimate of drug-likeness (QED) is 0.491. The Morgan fingerprint density at radius 1 is 1.44 bits per heavy atom. The second kappa shape index (κ2) is 2.67. The molecule has 0 saturated carbocycles. The van der Waals surface area contributed by atoms with Crippen molar-refractivity contribution in [2.45, 2.75) is 19.8 Å². The summed E-state index contributed by atoms with van der Waals surface area (Å²) in [4.78, 5) is 0. The fourth-order valence-electron chi connectivity index (χ4n) is 0.929. The molecule has 0 aliphatic heterocycles. The van der Waals surface area contributed by atoms with Gasteiger partial charge in [-0.25, -0.2) is 0 Å². The fourth-order valence-corrected chi connectivity index (χ4v) is 0.929. The molecule has 0 aromatic carbocycles. The van der Waals surface area contributed by atoms with E-state index >= 15 is 0 Å². The summed E-state index contributed by atoms with van der Waals surface area (Å²) >= 11 is 0. The molecule has 0 radical (unpaired) electrons. The summed E-state index contributed by atoms with van der Waals surface area (Å²) in [5, 5.41) is 0. The summed E-state index contributed by atoms with van der Waals surface area (Å²) in [7, 11) is 0. The molecule has 9 heavy (non-hydrogen) atoms. The van der Waals surface area contributed by atoms with Crippen molar-refractivity contribution in [1.82, 2.24) is 0 Å². The van der Waals surface area contributed by atoms with Crippen LogP contribution in [0, 0.1) is 0 Å². The minimum atomic E-state index is 1.26. The summed E-state index contributed by atoms with van der Waals surface area (Å²) < 4.78 is 0.